The number of hydrogen-bond acceptors (Lipinski definition) is 0. The summed E-state index contributed by atoms with van der Waals surface area (Å²) in [5.41, 5.74) is 13.2. The molecule has 2 unspecified atom stereocenters. The molecule has 0 aliphatic heterocycles. The summed E-state index contributed by atoms with van der Waals surface area (Å²) in [6.07, 6.45) is 9.25. The summed E-state index contributed by atoms with van der Waals surface area (Å²) in [7, 11) is 0. The lowest BCUT2D eigenvalue weighted by Crippen LogP contribution is -2.17. The number of allylic oxidation sites excluding steroid dienone is 4. The molecule has 0 saturated heterocycles. The van der Waals surface area contributed by atoms with Gasteiger partial charge in [0.25, 0.3) is 0 Å². The largest absolute Gasteiger partial charge is 0.0761 e. The van der Waals surface area contributed by atoms with E-state index in [0.29, 0.717) is 11.8 Å². The molecule has 0 nitrogen and oxygen atoms in total. The normalized spacial score (nSPS) is 16.2. The van der Waals surface area contributed by atoms with Crippen molar-refractivity contribution in [2.45, 2.75) is 11.8 Å². The Bertz CT molecular complexity index is 2560. The van der Waals surface area contributed by atoms with Gasteiger partial charge < -0.3 is 0 Å². The fourth-order valence-corrected chi connectivity index (χ4v) is 8.61. The molecule has 224 valence electrons. The van der Waals surface area contributed by atoms with Crippen LogP contribution in [0.4, 0.5) is 0 Å². The zero-order chi connectivity index (χ0) is 31.6. The molecule has 48 heavy (non-hydrogen) atoms. The number of fused-ring (bicyclic) bond motifs is 10. The molecule has 2 aliphatic rings. The highest BCUT2D eigenvalue weighted by Gasteiger charge is 2.34. The van der Waals surface area contributed by atoms with Gasteiger partial charge in [0.1, 0.15) is 0 Å². The molecule has 0 aromatic heterocycles. The molecule has 2 atom stereocenters. The van der Waals surface area contributed by atoms with Crippen molar-refractivity contribution in [2.75, 3.05) is 0 Å². The van der Waals surface area contributed by atoms with Gasteiger partial charge in [0.15, 0.2) is 0 Å². The van der Waals surface area contributed by atoms with Crippen molar-refractivity contribution >= 4 is 32.3 Å². The smallest absolute Gasteiger partial charge is 0.0137 e. The van der Waals surface area contributed by atoms with E-state index in [4.69, 9.17) is 0 Å². The van der Waals surface area contributed by atoms with E-state index in [1.807, 2.05) is 0 Å². The topological polar surface area (TPSA) is 0 Å². The third-order valence-electron chi connectivity index (χ3n) is 10.6. The van der Waals surface area contributed by atoms with Crippen molar-refractivity contribution < 1.29 is 0 Å². The molecule has 0 N–H and O–H groups in total. The van der Waals surface area contributed by atoms with Gasteiger partial charge in [-0.05, 0) is 100 Å². The van der Waals surface area contributed by atoms with Crippen LogP contribution >= 0.6 is 0 Å². The average molecular weight is 609 g/mol. The Morgan fingerprint density at radius 3 is 1.58 bits per heavy atom. The molecule has 10 rings (SSSR count). The number of hydrogen-bond donors (Lipinski definition) is 0. The summed E-state index contributed by atoms with van der Waals surface area (Å²) in [5.74, 6) is 0.659. The molecule has 2 aliphatic carbocycles. The van der Waals surface area contributed by atoms with E-state index >= 15 is 0 Å². The molecular weight excluding hydrogens is 577 g/mol. The van der Waals surface area contributed by atoms with Gasteiger partial charge in [0.2, 0.25) is 0 Å². The van der Waals surface area contributed by atoms with E-state index in [9.17, 15) is 0 Å². The van der Waals surface area contributed by atoms with Crippen molar-refractivity contribution in [3.05, 3.63) is 193 Å². The summed E-state index contributed by atoms with van der Waals surface area (Å²) >= 11 is 0. The van der Waals surface area contributed by atoms with Gasteiger partial charge in [-0.2, -0.15) is 0 Å². The van der Waals surface area contributed by atoms with Gasteiger partial charge >= 0.3 is 0 Å². The average Bonchev–Trinajstić information content (AvgIpc) is 3.17. The molecule has 0 radical (unpaired) electrons. The van der Waals surface area contributed by atoms with Crippen LogP contribution in [0.5, 0.6) is 0 Å². The second-order valence-corrected chi connectivity index (χ2v) is 13.1. The molecular formula is C48H32. The Balaban J connectivity index is 1.31. The van der Waals surface area contributed by atoms with Gasteiger partial charge in [-0.25, -0.2) is 0 Å². The molecule has 0 fully saturated rings. The van der Waals surface area contributed by atoms with Crippen molar-refractivity contribution in [3.63, 3.8) is 0 Å². The van der Waals surface area contributed by atoms with Crippen LogP contribution in [-0.2, 0) is 0 Å². The lowest BCUT2D eigenvalue weighted by molar-refractivity contribution is 0.725. The van der Waals surface area contributed by atoms with E-state index in [1.165, 1.54) is 88.0 Å². The predicted molar refractivity (Wildman–Crippen MR) is 204 cm³/mol. The SMILES string of the molecule is C1=CC2c3ccccc3-c3cc(-c4c5ccccc5c(-c5cccc(-c6ccccc6)c5)c5ccccc45)c4ccccc4c3C2C=C1. The first kappa shape index (κ1) is 27.2. The highest BCUT2D eigenvalue weighted by atomic mass is 14.4. The quantitative estimate of drug-likeness (QED) is 0.175. The maximum absolute atomic E-state index is 2.52. The van der Waals surface area contributed by atoms with Crippen molar-refractivity contribution in [3.8, 4) is 44.5 Å². The van der Waals surface area contributed by atoms with Gasteiger partial charge in [0.05, 0.1) is 0 Å². The van der Waals surface area contributed by atoms with E-state index in [2.05, 4.69) is 182 Å². The van der Waals surface area contributed by atoms with E-state index in [0.717, 1.165) is 0 Å². The van der Waals surface area contributed by atoms with Crippen LogP contribution in [-0.4, -0.2) is 0 Å². The first-order valence-electron chi connectivity index (χ1n) is 16.9. The summed E-state index contributed by atoms with van der Waals surface area (Å²) in [6.45, 7) is 0. The first-order chi connectivity index (χ1) is 23.8. The minimum atomic E-state index is 0.312. The van der Waals surface area contributed by atoms with E-state index in [1.54, 1.807) is 0 Å². The van der Waals surface area contributed by atoms with Gasteiger partial charge in [-0.3, -0.25) is 0 Å². The summed E-state index contributed by atoms with van der Waals surface area (Å²) in [6, 6.07) is 58.5. The van der Waals surface area contributed by atoms with Crippen LogP contribution in [0.3, 0.4) is 0 Å². The Morgan fingerprint density at radius 2 is 0.854 bits per heavy atom. The Hall–Kier alpha value is -5.98. The molecule has 0 heterocycles. The van der Waals surface area contributed by atoms with Crippen LogP contribution in [0.15, 0.2) is 182 Å². The molecule has 0 spiro atoms. The van der Waals surface area contributed by atoms with Crippen LogP contribution in [0.1, 0.15) is 23.0 Å². The summed E-state index contributed by atoms with van der Waals surface area (Å²) < 4.78 is 0. The monoisotopic (exact) mass is 608 g/mol. The zero-order valence-corrected chi connectivity index (χ0v) is 26.5. The molecule has 0 heteroatoms. The minimum absolute atomic E-state index is 0.312. The summed E-state index contributed by atoms with van der Waals surface area (Å²) in [4.78, 5) is 0. The fourth-order valence-electron chi connectivity index (χ4n) is 8.61. The maximum Gasteiger partial charge on any atom is 0.0137 e. The zero-order valence-electron chi connectivity index (χ0n) is 26.5. The second kappa shape index (κ2) is 10.8. The third kappa shape index (κ3) is 4.03. The maximum atomic E-state index is 2.52. The van der Waals surface area contributed by atoms with Crippen molar-refractivity contribution in [2.24, 2.45) is 0 Å². The van der Waals surface area contributed by atoms with Crippen LogP contribution in [0, 0.1) is 0 Å². The number of benzene rings is 8. The van der Waals surface area contributed by atoms with Gasteiger partial charge in [-0.15, -0.1) is 0 Å². The molecule has 0 saturated carbocycles. The highest BCUT2D eigenvalue weighted by molar-refractivity contribution is 6.24. The van der Waals surface area contributed by atoms with Gasteiger partial charge in [-0.1, -0.05) is 170 Å². The van der Waals surface area contributed by atoms with Gasteiger partial charge in [0, 0.05) is 11.8 Å². The van der Waals surface area contributed by atoms with Crippen LogP contribution < -0.4 is 0 Å². The van der Waals surface area contributed by atoms with E-state index in [-0.39, 0.29) is 0 Å². The standard InChI is InChI=1S/C48H32/c1-2-15-31(16-3-1)32-17-14-18-33(29-32)46-40-25-10-12-27-42(40)48(43-28-13-11-26-41(43)46)45-30-44-36-21-5-4-19-34(36)35-20-6-8-23-38(35)47(44)39-24-9-7-22-37(39)45/h1-30,35,38H. The summed E-state index contributed by atoms with van der Waals surface area (Å²) in [5, 5.41) is 7.78. The molecule has 8 aromatic carbocycles. The van der Waals surface area contributed by atoms with Crippen molar-refractivity contribution in [1.29, 1.82) is 0 Å². The molecule has 0 bridgehead atoms. The van der Waals surface area contributed by atoms with Crippen LogP contribution in [0.2, 0.25) is 0 Å². The Labute approximate surface area is 281 Å². The molecule has 0 amide bonds. The number of rotatable bonds is 3. The predicted octanol–water partition coefficient (Wildman–Crippen LogP) is 13.1. The first-order valence-corrected chi connectivity index (χ1v) is 16.9. The second-order valence-electron chi connectivity index (χ2n) is 13.1. The minimum Gasteiger partial charge on any atom is -0.0761 e. The third-order valence-corrected chi connectivity index (χ3v) is 10.6. The molecule has 8 aromatic rings. The van der Waals surface area contributed by atoms with Crippen LogP contribution in [0.25, 0.3) is 76.8 Å². The Kier molecular flexibility index (Phi) is 6.11. The van der Waals surface area contributed by atoms with Crippen molar-refractivity contribution in [1.82, 2.24) is 0 Å². The fraction of sp³-hybridized carbons (Fsp3) is 0.0417. The van der Waals surface area contributed by atoms with E-state index < -0.39 is 0 Å². The lowest BCUT2D eigenvalue weighted by atomic mass is 9.68. The lowest BCUT2D eigenvalue weighted by Gasteiger charge is -2.35. The highest BCUT2D eigenvalue weighted by Crippen LogP contribution is 2.54. The Morgan fingerprint density at radius 1 is 0.312 bits per heavy atom.